The minimum Gasteiger partial charge on any atom is -0.385 e. The molecule has 0 bridgehead atoms. The highest BCUT2D eigenvalue weighted by Gasteiger charge is 2.31. The lowest BCUT2D eigenvalue weighted by molar-refractivity contribution is 0.359. The van der Waals surface area contributed by atoms with Gasteiger partial charge in [-0.05, 0) is 32.1 Å². The number of hydrogen-bond donors (Lipinski definition) is 1. The van der Waals surface area contributed by atoms with E-state index in [0.29, 0.717) is 0 Å². The van der Waals surface area contributed by atoms with Gasteiger partial charge in [-0.25, -0.2) is 0 Å². The second kappa shape index (κ2) is 2.81. The molecular weight excluding hydrogens is 202 g/mol. The molecule has 0 aromatic carbocycles. The van der Waals surface area contributed by atoms with Gasteiger partial charge in [0.05, 0.1) is 0 Å². The fraction of sp³-hybridized carbons (Fsp3) is 0.778. The van der Waals surface area contributed by atoms with Crippen LogP contribution in [0.1, 0.15) is 26.2 Å². The van der Waals surface area contributed by atoms with Crippen LogP contribution >= 0.6 is 15.9 Å². The molecule has 0 aromatic rings. The van der Waals surface area contributed by atoms with Crippen LogP contribution in [0.2, 0.25) is 0 Å². The van der Waals surface area contributed by atoms with Gasteiger partial charge < -0.3 is 5.32 Å². The Kier molecular flexibility index (Phi) is 1.96. The van der Waals surface area contributed by atoms with Gasteiger partial charge in [-0.3, -0.25) is 0 Å². The van der Waals surface area contributed by atoms with Crippen molar-refractivity contribution < 1.29 is 0 Å². The van der Waals surface area contributed by atoms with E-state index in [1.54, 1.807) is 0 Å². The highest BCUT2D eigenvalue weighted by molar-refractivity contribution is 9.09. The average Bonchev–Trinajstić information content (AvgIpc) is 2.27. The largest absolute Gasteiger partial charge is 0.385 e. The highest BCUT2D eigenvalue weighted by atomic mass is 79.9. The van der Waals surface area contributed by atoms with Crippen LogP contribution in [0.5, 0.6) is 0 Å². The van der Waals surface area contributed by atoms with Crippen molar-refractivity contribution in [2.24, 2.45) is 5.92 Å². The van der Waals surface area contributed by atoms with E-state index in [1.165, 1.54) is 25.0 Å². The Hall–Kier alpha value is 0.0200. The summed E-state index contributed by atoms with van der Waals surface area (Å²) in [4.78, 5) is 0.757. The predicted molar refractivity (Wildman–Crippen MR) is 50.7 cm³/mol. The Morgan fingerprint density at radius 3 is 3.18 bits per heavy atom. The molecule has 0 aromatic heterocycles. The van der Waals surface area contributed by atoms with Gasteiger partial charge in [-0.1, -0.05) is 22.0 Å². The Morgan fingerprint density at radius 2 is 2.36 bits per heavy atom. The molecule has 3 atom stereocenters. The molecule has 0 radical (unpaired) electrons. The molecule has 1 saturated carbocycles. The Labute approximate surface area is 76.4 Å². The lowest BCUT2D eigenvalue weighted by Crippen LogP contribution is -2.33. The summed E-state index contributed by atoms with van der Waals surface area (Å²) in [5.41, 5.74) is 1.38. The van der Waals surface area contributed by atoms with E-state index in [0.717, 1.165) is 16.8 Å². The van der Waals surface area contributed by atoms with Crippen LogP contribution in [0, 0.1) is 5.92 Å². The Balaban J connectivity index is 2.05. The molecule has 1 aliphatic heterocycles. The van der Waals surface area contributed by atoms with E-state index in [9.17, 15) is 0 Å². The molecule has 1 nitrogen and oxygen atoms in total. The summed E-state index contributed by atoms with van der Waals surface area (Å²) in [5.74, 6) is 0.799. The van der Waals surface area contributed by atoms with E-state index in [1.807, 2.05) is 0 Å². The first kappa shape index (κ1) is 7.66. The lowest BCUT2D eigenvalue weighted by Gasteiger charge is -2.28. The number of nitrogens with one attached hydrogen (secondary N) is 1. The summed E-state index contributed by atoms with van der Waals surface area (Å²) in [6.45, 7) is 2.17. The minimum atomic E-state index is 0.754. The molecular formula is C9H14BrN. The zero-order valence-electron chi connectivity index (χ0n) is 6.81. The molecule has 2 aliphatic rings. The van der Waals surface area contributed by atoms with Crippen LogP contribution in [0.15, 0.2) is 11.8 Å². The van der Waals surface area contributed by atoms with Crippen molar-refractivity contribution in [2.45, 2.75) is 37.1 Å². The van der Waals surface area contributed by atoms with Gasteiger partial charge in [0.2, 0.25) is 0 Å². The molecule has 11 heavy (non-hydrogen) atoms. The Bertz CT molecular complexity index is 188. The monoisotopic (exact) mass is 215 g/mol. The molecule has 0 spiro atoms. The van der Waals surface area contributed by atoms with Crippen LogP contribution < -0.4 is 5.32 Å². The average molecular weight is 216 g/mol. The number of allylic oxidation sites excluding steroid dienone is 1. The third-order valence-corrected chi connectivity index (χ3v) is 3.54. The van der Waals surface area contributed by atoms with Crippen molar-refractivity contribution in [3.05, 3.63) is 11.8 Å². The number of hydrogen-bond acceptors (Lipinski definition) is 1. The van der Waals surface area contributed by atoms with Crippen LogP contribution in [-0.4, -0.2) is 10.9 Å². The summed E-state index contributed by atoms with van der Waals surface area (Å²) in [5, 5.41) is 3.52. The second-order valence-electron chi connectivity index (χ2n) is 3.67. The first-order valence-corrected chi connectivity index (χ1v) is 5.26. The number of fused-ring (bicyclic) bond motifs is 1. The summed E-state index contributed by atoms with van der Waals surface area (Å²) < 4.78 is 0. The fourth-order valence-corrected chi connectivity index (χ4v) is 2.87. The number of alkyl halides is 1. The standard InChI is InChI=1S/C9H14BrN/c1-6-4-7-5-8(10)2-3-9(7)11-6/h4,7-9,11H,2-3,5H2,1H3. The van der Waals surface area contributed by atoms with Crippen LogP contribution in [-0.2, 0) is 0 Å². The molecule has 3 unspecified atom stereocenters. The third kappa shape index (κ3) is 1.46. The smallest absolute Gasteiger partial charge is 0.0322 e. The summed E-state index contributed by atoms with van der Waals surface area (Å²) in [7, 11) is 0. The van der Waals surface area contributed by atoms with Crippen molar-refractivity contribution in [1.29, 1.82) is 0 Å². The molecule has 0 saturated heterocycles. The molecule has 1 fully saturated rings. The maximum Gasteiger partial charge on any atom is 0.0322 e. The van der Waals surface area contributed by atoms with Gasteiger partial charge in [0.15, 0.2) is 0 Å². The summed E-state index contributed by atoms with van der Waals surface area (Å²) in [6.07, 6.45) is 6.36. The van der Waals surface area contributed by atoms with Crippen LogP contribution in [0.4, 0.5) is 0 Å². The highest BCUT2D eigenvalue weighted by Crippen LogP contribution is 2.34. The second-order valence-corrected chi connectivity index (χ2v) is 4.97. The first-order chi connectivity index (χ1) is 5.25. The van der Waals surface area contributed by atoms with E-state index < -0.39 is 0 Å². The normalized spacial score (nSPS) is 42.7. The zero-order chi connectivity index (χ0) is 7.84. The van der Waals surface area contributed by atoms with Crippen molar-refractivity contribution in [3.8, 4) is 0 Å². The van der Waals surface area contributed by atoms with Crippen LogP contribution in [0.3, 0.4) is 0 Å². The van der Waals surface area contributed by atoms with Crippen molar-refractivity contribution >= 4 is 15.9 Å². The molecule has 2 heteroatoms. The fourth-order valence-electron chi connectivity index (χ4n) is 2.18. The van der Waals surface area contributed by atoms with Gasteiger partial charge in [-0.15, -0.1) is 0 Å². The van der Waals surface area contributed by atoms with Crippen molar-refractivity contribution in [2.75, 3.05) is 0 Å². The molecule has 62 valence electrons. The van der Waals surface area contributed by atoms with Crippen molar-refractivity contribution in [3.63, 3.8) is 0 Å². The van der Waals surface area contributed by atoms with Gasteiger partial charge >= 0.3 is 0 Å². The van der Waals surface area contributed by atoms with Gasteiger partial charge in [0.25, 0.3) is 0 Å². The van der Waals surface area contributed by atoms with Gasteiger partial charge in [0, 0.05) is 16.6 Å². The predicted octanol–water partition coefficient (Wildman–Crippen LogP) is 2.43. The summed E-state index contributed by atoms with van der Waals surface area (Å²) >= 11 is 3.69. The maximum atomic E-state index is 3.69. The minimum absolute atomic E-state index is 0.754. The van der Waals surface area contributed by atoms with Gasteiger partial charge in [0.1, 0.15) is 0 Å². The Morgan fingerprint density at radius 1 is 1.55 bits per heavy atom. The lowest BCUT2D eigenvalue weighted by atomic mass is 9.86. The topological polar surface area (TPSA) is 12.0 Å². The van der Waals surface area contributed by atoms with E-state index >= 15 is 0 Å². The SMILES string of the molecule is CC1=CC2CC(Br)CCC2N1. The summed E-state index contributed by atoms with van der Waals surface area (Å²) in [6, 6.07) is 0.754. The maximum absolute atomic E-state index is 3.69. The molecule has 1 N–H and O–H groups in total. The van der Waals surface area contributed by atoms with Crippen LogP contribution in [0.25, 0.3) is 0 Å². The van der Waals surface area contributed by atoms with E-state index in [-0.39, 0.29) is 0 Å². The third-order valence-electron chi connectivity index (χ3n) is 2.71. The van der Waals surface area contributed by atoms with Gasteiger partial charge in [-0.2, -0.15) is 0 Å². The van der Waals surface area contributed by atoms with Crippen molar-refractivity contribution in [1.82, 2.24) is 5.32 Å². The molecule has 0 amide bonds. The first-order valence-electron chi connectivity index (χ1n) is 4.35. The zero-order valence-corrected chi connectivity index (χ0v) is 8.39. The number of rotatable bonds is 0. The quantitative estimate of drug-likeness (QED) is 0.613. The molecule has 2 rings (SSSR count). The van der Waals surface area contributed by atoms with E-state index in [2.05, 4.69) is 34.2 Å². The molecule has 1 heterocycles. The number of halogens is 1. The molecule has 1 aliphatic carbocycles. The van der Waals surface area contributed by atoms with E-state index in [4.69, 9.17) is 0 Å².